The molecule has 0 saturated carbocycles. The van der Waals surface area contributed by atoms with Crippen molar-refractivity contribution in [2.24, 2.45) is 0 Å². The second-order valence-electron chi connectivity index (χ2n) is 5.17. The van der Waals surface area contributed by atoms with Crippen LogP contribution in [0.2, 0.25) is 10.0 Å². The Morgan fingerprint density at radius 3 is 2.74 bits per heavy atom. The highest BCUT2D eigenvalue weighted by atomic mass is 35.5. The Balaban J connectivity index is 1.90. The lowest BCUT2D eigenvalue weighted by Gasteiger charge is -2.13. The molecule has 0 aliphatic heterocycles. The first-order chi connectivity index (χ1) is 11.0. The van der Waals surface area contributed by atoms with Crippen LogP contribution < -0.4 is 15.4 Å². The van der Waals surface area contributed by atoms with Gasteiger partial charge in [0.25, 0.3) is 5.91 Å². The predicted octanol–water partition coefficient (Wildman–Crippen LogP) is 3.27. The maximum Gasteiger partial charge on any atom is 0.279 e. The van der Waals surface area contributed by atoms with Crippen LogP contribution in [0.25, 0.3) is 0 Å². The maximum atomic E-state index is 12.0. The van der Waals surface area contributed by atoms with E-state index in [0.29, 0.717) is 21.5 Å². The lowest BCUT2D eigenvalue weighted by atomic mass is 10.1. The van der Waals surface area contributed by atoms with Crippen molar-refractivity contribution in [1.29, 1.82) is 0 Å². The molecular formula is C17H19Cl2N2O2+. The molecule has 0 saturated heterocycles. The van der Waals surface area contributed by atoms with Gasteiger partial charge < -0.3 is 15.4 Å². The fourth-order valence-corrected chi connectivity index (χ4v) is 2.78. The summed E-state index contributed by atoms with van der Waals surface area (Å²) in [5.74, 6) is 0.614. The third-order valence-electron chi connectivity index (χ3n) is 3.46. The molecule has 2 rings (SSSR count). The van der Waals surface area contributed by atoms with Crippen molar-refractivity contribution in [3.8, 4) is 5.75 Å². The van der Waals surface area contributed by atoms with E-state index in [0.717, 1.165) is 5.56 Å². The summed E-state index contributed by atoms with van der Waals surface area (Å²) in [6.07, 6.45) is 0. The molecule has 0 bridgehead atoms. The molecule has 0 aliphatic rings. The van der Waals surface area contributed by atoms with E-state index in [1.165, 1.54) is 0 Å². The lowest BCUT2D eigenvalue weighted by Crippen LogP contribution is -2.86. The van der Waals surface area contributed by atoms with Crippen LogP contribution in [0, 0.1) is 0 Å². The number of quaternary nitrogens is 1. The van der Waals surface area contributed by atoms with E-state index in [9.17, 15) is 4.79 Å². The lowest BCUT2D eigenvalue weighted by molar-refractivity contribution is -0.682. The highest BCUT2D eigenvalue weighted by molar-refractivity contribution is 6.35. The molecule has 0 radical (unpaired) electrons. The SMILES string of the molecule is COc1cccc(NC(=O)C[NH2+][C@@H](C)c2ccc(Cl)cc2Cl)c1. The molecule has 2 aromatic rings. The summed E-state index contributed by atoms with van der Waals surface area (Å²) in [6.45, 7) is 2.28. The van der Waals surface area contributed by atoms with E-state index in [1.807, 2.05) is 36.5 Å². The molecule has 0 spiro atoms. The van der Waals surface area contributed by atoms with Gasteiger partial charge >= 0.3 is 0 Å². The van der Waals surface area contributed by atoms with Crippen LogP contribution >= 0.6 is 23.2 Å². The van der Waals surface area contributed by atoms with E-state index in [4.69, 9.17) is 27.9 Å². The topological polar surface area (TPSA) is 54.9 Å². The van der Waals surface area contributed by atoms with Gasteiger partial charge in [-0.1, -0.05) is 35.3 Å². The molecular weight excluding hydrogens is 335 g/mol. The van der Waals surface area contributed by atoms with Crippen LogP contribution in [-0.4, -0.2) is 19.6 Å². The Morgan fingerprint density at radius 1 is 1.26 bits per heavy atom. The summed E-state index contributed by atoms with van der Waals surface area (Å²) in [5.41, 5.74) is 1.66. The van der Waals surface area contributed by atoms with Crippen molar-refractivity contribution in [1.82, 2.24) is 0 Å². The number of halogens is 2. The Kier molecular flexibility index (Phi) is 6.28. The zero-order valence-corrected chi connectivity index (χ0v) is 14.5. The van der Waals surface area contributed by atoms with E-state index >= 15 is 0 Å². The van der Waals surface area contributed by atoms with Crippen molar-refractivity contribution in [3.05, 3.63) is 58.1 Å². The molecule has 4 nitrogen and oxygen atoms in total. The Hall–Kier alpha value is -1.75. The zero-order chi connectivity index (χ0) is 16.8. The second kappa shape index (κ2) is 8.20. The van der Waals surface area contributed by atoms with Crippen LogP contribution in [0.1, 0.15) is 18.5 Å². The van der Waals surface area contributed by atoms with Crippen LogP contribution in [0.3, 0.4) is 0 Å². The summed E-state index contributed by atoms with van der Waals surface area (Å²) in [6, 6.07) is 12.7. The fraction of sp³-hybridized carbons (Fsp3) is 0.235. The van der Waals surface area contributed by atoms with Gasteiger partial charge in [-0.15, -0.1) is 0 Å². The van der Waals surface area contributed by atoms with E-state index in [2.05, 4.69) is 5.32 Å². The Bertz CT molecular complexity index is 692. The number of nitrogens with two attached hydrogens (primary N) is 1. The van der Waals surface area contributed by atoms with Gasteiger partial charge in [0.15, 0.2) is 6.54 Å². The summed E-state index contributed by atoms with van der Waals surface area (Å²) < 4.78 is 5.13. The largest absolute Gasteiger partial charge is 0.497 e. The molecule has 0 aliphatic carbocycles. The molecule has 0 aromatic heterocycles. The number of methoxy groups -OCH3 is 1. The molecule has 122 valence electrons. The van der Waals surface area contributed by atoms with Crippen LogP contribution in [0.4, 0.5) is 5.69 Å². The monoisotopic (exact) mass is 353 g/mol. The molecule has 0 fully saturated rings. The summed E-state index contributed by atoms with van der Waals surface area (Å²) in [4.78, 5) is 12.0. The van der Waals surface area contributed by atoms with Crippen LogP contribution in [0.15, 0.2) is 42.5 Å². The first-order valence-electron chi connectivity index (χ1n) is 7.22. The van der Waals surface area contributed by atoms with Crippen molar-refractivity contribution in [3.63, 3.8) is 0 Å². The number of ether oxygens (including phenoxy) is 1. The molecule has 3 N–H and O–H groups in total. The van der Waals surface area contributed by atoms with E-state index in [-0.39, 0.29) is 18.5 Å². The first kappa shape index (κ1) is 17.6. The minimum Gasteiger partial charge on any atom is -0.497 e. The van der Waals surface area contributed by atoms with E-state index < -0.39 is 0 Å². The number of benzene rings is 2. The number of nitrogens with one attached hydrogen (secondary N) is 1. The number of amides is 1. The van der Waals surface area contributed by atoms with E-state index in [1.54, 1.807) is 25.3 Å². The predicted molar refractivity (Wildman–Crippen MR) is 93.3 cm³/mol. The summed E-state index contributed by atoms with van der Waals surface area (Å²) >= 11 is 12.1. The first-order valence-corrected chi connectivity index (χ1v) is 7.97. The van der Waals surface area contributed by atoms with Crippen molar-refractivity contribution >= 4 is 34.8 Å². The molecule has 1 amide bonds. The van der Waals surface area contributed by atoms with Gasteiger partial charge in [-0.25, -0.2) is 0 Å². The number of carbonyl (C=O) groups is 1. The molecule has 0 unspecified atom stereocenters. The number of hydrogen-bond acceptors (Lipinski definition) is 2. The Labute approximate surface area is 145 Å². The Morgan fingerprint density at radius 2 is 2.04 bits per heavy atom. The minimum atomic E-state index is -0.0878. The van der Waals surface area contributed by atoms with Gasteiger partial charge in [0.2, 0.25) is 0 Å². The number of hydrogen-bond donors (Lipinski definition) is 2. The smallest absolute Gasteiger partial charge is 0.279 e. The molecule has 0 heterocycles. The van der Waals surface area contributed by atoms with Gasteiger partial charge in [-0.2, -0.15) is 0 Å². The van der Waals surface area contributed by atoms with Crippen LogP contribution in [0.5, 0.6) is 5.75 Å². The summed E-state index contributed by atoms with van der Waals surface area (Å²) in [7, 11) is 1.59. The standard InChI is InChI=1S/C17H18Cl2N2O2/c1-11(15-7-6-12(18)8-16(15)19)20-10-17(22)21-13-4-3-5-14(9-13)23-2/h3-9,11,20H,10H2,1-2H3,(H,21,22)/p+1/t11-/m0/s1. The maximum absolute atomic E-state index is 12.0. The normalized spacial score (nSPS) is 11.8. The average Bonchev–Trinajstić information content (AvgIpc) is 2.53. The number of rotatable bonds is 6. The van der Waals surface area contributed by atoms with Gasteiger partial charge in [0.1, 0.15) is 11.8 Å². The third kappa shape index (κ3) is 5.13. The van der Waals surface area contributed by atoms with Crippen LogP contribution in [-0.2, 0) is 4.79 Å². The fourth-order valence-electron chi connectivity index (χ4n) is 2.19. The second-order valence-corrected chi connectivity index (χ2v) is 6.02. The van der Waals surface area contributed by atoms with Crippen molar-refractivity contribution in [2.75, 3.05) is 19.0 Å². The zero-order valence-electron chi connectivity index (χ0n) is 13.0. The minimum absolute atomic E-state index is 0.0517. The van der Waals surface area contributed by atoms with Gasteiger partial charge in [-0.3, -0.25) is 4.79 Å². The quantitative estimate of drug-likeness (QED) is 0.837. The van der Waals surface area contributed by atoms with Gasteiger partial charge in [-0.05, 0) is 31.2 Å². The van der Waals surface area contributed by atoms with Gasteiger partial charge in [0.05, 0.1) is 12.1 Å². The molecule has 2 aromatic carbocycles. The summed E-state index contributed by atoms with van der Waals surface area (Å²) in [5, 5.41) is 5.97. The molecule has 23 heavy (non-hydrogen) atoms. The highest BCUT2D eigenvalue weighted by Crippen LogP contribution is 2.24. The van der Waals surface area contributed by atoms with Crippen molar-refractivity contribution < 1.29 is 14.8 Å². The molecule has 6 heteroatoms. The van der Waals surface area contributed by atoms with Gasteiger partial charge in [0, 0.05) is 22.3 Å². The third-order valence-corrected chi connectivity index (χ3v) is 4.03. The van der Waals surface area contributed by atoms with Crippen molar-refractivity contribution in [2.45, 2.75) is 13.0 Å². The molecule has 1 atom stereocenters. The highest BCUT2D eigenvalue weighted by Gasteiger charge is 2.15. The average molecular weight is 354 g/mol. The number of anilines is 1. The number of carbonyl (C=O) groups excluding carboxylic acids is 1.